The first-order chi connectivity index (χ1) is 18.5. The Morgan fingerprint density at radius 3 is 2.55 bits per heavy atom. The second-order valence-corrected chi connectivity index (χ2v) is 11.0. The number of amides is 2. The molecule has 1 aliphatic heterocycles. The lowest BCUT2D eigenvalue weighted by Gasteiger charge is -2.44. The van der Waals surface area contributed by atoms with Crippen molar-refractivity contribution >= 4 is 18.1 Å². The van der Waals surface area contributed by atoms with E-state index >= 15 is 0 Å². The molecule has 5 rings (SSSR count). The van der Waals surface area contributed by atoms with E-state index in [0.29, 0.717) is 46.9 Å². The van der Waals surface area contributed by atoms with Crippen molar-refractivity contribution in [2.24, 2.45) is 11.8 Å². The molecule has 0 bridgehead atoms. The van der Waals surface area contributed by atoms with Crippen LogP contribution in [0.1, 0.15) is 73.2 Å². The van der Waals surface area contributed by atoms with Gasteiger partial charge in [-0.05, 0) is 49.8 Å². The third kappa shape index (κ3) is 4.94. The molecule has 4 aliphatic rings. The molecule has 0 radical (unpaired) electrons. The number of aliphatic hydroxyl groups excluding tert-OH is 2. The van der Waals surface area contributed by atoms with E-state index in [9.17, 15) is 24.6 Å². The molecular weight excluding hydrogens is 488 g/mol. The number of carbonyl (C=O) groups is 3. The molecular formula is C29H38N2O7. The molecule has 9 nitrogen and oxygen atoms in total. The van der Waals surface area contributed by atoms with Gasteiger partial charge in [0.15, 0.2) is 11.5 Å². The molecule has 3 N–H and O–H groups in total. The Balaban J connectivity index is 1.56. The first kappa shape index (κ1) is 26.7. The lowest BCUT2D eigenvalue weighted by Crippen LogP contribution is -2.58. The van der Waals surface area contributed by atoms with Gasteiger partial charge in [-0.2, -0.15) is 0 Å². The maximum absolute atomic E-state index is 13.7. The predicted molar refractivity (Wildman–Crippen MR) is 139 cm³/mol. The molecule has 9 heteroatoms. The summed E-state index contributed by atoms with van der Waals surface area (Å²) < 4.78 is 11.8. The summed E-state index contributed by atoms with van der Waals surface area (Å²) in [6, 6.07) is 2.50. The molecule has 0 saturated heterocycles. The number of hydrogen-bond donors (Lipinski definition) is 3. The smallest absolute Gasteiger partial charge is 0.247 e. The van der Waals surface area contributed by atoms with Gasteiger partial charge in [0.1, 0.15) is 18.5 Å². The molecule has 1 heterocycles. The van der Waals surface area contributed by atoms with Crippen molar-refractivity contribution in [2.75, 3.05) is 26.8 Å². The van der Waals surface area contributed by atoms with Gasteiger partial charge in [0.2, 0.25) is 11.8 Å². The SMILES string of the molecule is COc1cc(C=O)cc2c1O[C@@H]1[C@@H](O)[C@H](N(CC3CCCCC3)C(=O)C3CCC3)C=C(C(=O)NCCO)[C@H]21. The molecule has 0 aromatic heterocycles. The number of aliphatic hydroxyl groups is 2. The van der Waals surface area contributed by atoms with E-state index in [-0.39, 0.29) is 25.0 Å². The highest BCUT2D eigenvalue weighted by Crippen LogP contribution is 2.51. The van der Waals surface area contributed by atoms with Crippen LogP contribution in [0.25, 0.3) is 0 Å². The molecule has 1 aromatic rings. The molecule has 38 heavy (non-hydrogen) atoms. The molecule has 0 spiro atoms. The van der Waals surface area contributed by atoms with Crippen molar-refractivity contribution in [1.82, 2.24) is 10.2 Å². The third-order valence-electron chi connectivity index (χ3n) is 8.69. The summed E-state index contributed by atoms with van der Waals surface area (Å²) in [5.74, 6) is 0.0215. The van der Waals surface area contributed by atoms with Gasteiger partial charge in [-0.25, -0.2) is 0 Å². The van der Waals surface area contributed by atoms with Crippen LogP contribution in [-0.4, -0.2) is 78.3 Å². The second-order valence-electron chi connectivity index (χ2n) is 11.0. The van der Waals surface area contributed by atoms with Crippen LogP contribution < -0.4 is 14.8 Å². The van der Waals surface area contributed by atoms with E-state index in [1.54, 1.807) is 23.1 Å². The van der Waals surface area contributed by atoms with Crippen LogP contribution in [0, 0.1) is 11.8 Å². The van der Waals surface area contributed by atoms with Gasteiger partial charge in [0, 0.05) is 35.7 Å². The summed E-state index contributed by atoms with van der Waals surface area (Å²) in [6.45, 7) is 0.393. The molecule has 2 amide bonds. The van der Waals surface area contributed by atoms with Crippen LogP contribution in [0.3, 0.4) is 0 Å². The molecule has 3 aliphatic carbocycles. The van der Waals surface area contributed by atoms with Crippen LogP contribution in [0.2, 0.25) is 0 Å². The van der Waals surface area contributed by atoms with Gasteiger partial charge < -0.3 is 29.9 Å². The van der Waals surface area contributed by atoms with Gasteiger partial charge in [0.05, 0.1) is 25.7 Å². The summed E-state index contributed by atoms with van der Waals surface area (Å²) in [7, 11) is 1.47. The quantitative estimate of drug-likeness (QED) is 0.422. The third-order valence-corrected chi connectivity index (χ3v) is 8.69. The van der Waals surface area contributed by atoms with Gasteiger partial charge >= 0.3 is 0 Å². The maximum Gasteiger partial charge on any atom is 0.247 e. The van der Waals surface area contributed by atoms with Crippen LogP contribution >= 0.6 is 0 Å². The number of fused-ring (bicyclic) bond motifs is 3. The Kier molecular flexibility index (Phi) is 8.04. The maximum atomic E-state index is 13.7. The Morgan fingerprint density at radius 2 is 1.92 bits per heavy atom. The van der Waals surface area contributed by atoms with Crippen molar-refractivity contribution in [3.05, 3.63) is 34.9 Å². The van der Waals surface area contributed by atoms with E-state index in [0.717, 1.165) is 44.9 Å². The summed E-state index contributed by atoms with van der Waals surface area (Å²) in [5, 5.41) is 23.8. The van der Waals surface area contributed by atoms with Crippen molar-refractivity contribution in [3.8, 4) is 11.5 Å². The van der Waals surface area contributed by atoms with E-state index in [4.69, 9.17) is 9.47 Å². The molecule has 4 atom stereocenters. The van der Waals surface area contributed by atoms with Gasteiger partial charge in [-0.1, -0.05) is 25.7 Å². The summed E-state index contributed by atoms with van der Waals surface area (Å²) in [5.41, 5.74) is 1.32. The van der Waals surface area contributed by atoms with Crippen molar-refractivity contribution < 1.29 is 34.1 Å². The lowest BCUT2D eigenvalue weighted by molar-refractivity contribution is -0.145. The van der Waals surface area contributed by atoms with E-state index < -0.39 is 30.1 Å². The Bertz CT molecular complexity index is 1090. The Labute approximate surface area is 223 Å². The van der Waals surface area contributed by atoms with E-state index in [1.165, 1.54) is 13.5 Å². The predicted octanol–water partition coefficient (Wildman–Crippen LogP) is 2.34. The zero-order valence-corrected chi connectivity index (χ0v) is 21.9. The van der Waals surface area contributed by atoms with Crippen LogP contribution in [0.4, 0.5) is 0 Å². The molecule has 0 unspecified atom stereocenters. The van der Waals surface area contributed by atoms with Gasteiger partial charge in [-0.15, -0.1) is 0 Å². The minimum atomic E-state index is -1.08. The second kappa shape index (κ2) is 11.5. The minimum Gasteiger partial charge on any atom is -0.493 e. The molecule has 2 saturated carbocycles. The van der Waals surface area contributed by atoms with Gasteiger partial charge in [-0.3, -0.25) is 14.4 Å². The average Bonchev–Trinajstić information content (AvgIpc) is 3.30. The highest BCUT2D eigenvalue weighted by atomic mass is 16.5. The Hall–Kier alpha value is -2.91. The number of nitrogens with one attached hydrogen (secondary N) is 1. The molecule has 2 fully saturated rings. The van der Waals surface area contributed by atoms with E-state index in [1.807, 2.05) is 0 Å². The summed E-state index contributed by atoms with van der Waals surface area (Å²) in [6.07, 6.45) is 8.77. The topological polar surface area (TPSA) is 125 Å². The van der Waals surface area contributed by atoms with Crippen LogP contribution in [0.5, 0.6) is 11.5 Å². The fourth-order valence-electron chi connectivity index (χ4n) is 6.45. The fraction of sp³-hybridized carbons (Fsp3) is 0.621. The highest BCUT2D eigenvalue weighted by molar-refractivity contribution is 5.96. The van der Waals surface area contributed by atoms with Crippen molar-refractivity contribution in [3.63, 3.8) is 0 Å². The number of rotatable bonds is 9. The van der Waals surface area contributed by atoms with Crippen LogP contribution in [0.15, 0.2) is 23.8 Å². The fourth-order valence-corrected chi connectivity index (χ4v) is 6.45. The van der Waals surface area contributed by atoms with Crippen molar-refractivity contribution in [1.29, 1.82) is 0 Å². The number of nitrogens with zero attached hydrogens (tertiary/aromatic N) is 1. The Morgan fingerprint density at radius 1 is 1.16 bits per heavy atom. The summed E-state index contributed by atoms with van der Waals surface area (Å²) in [4.78, 5) is 40.6. The van der Waals surface area contributed by atoms with E-state index in [2.05, 4.69) is 5.32 Å². The van der Waals surface area contributed by atoms with Crippen molar-refractivity contribution in [2.45, 2.75) is 75.5 Å². The number of carbonyl (C=O) groups excluding carboxylic acids is 3. The molecule has 206 valence electrons. The monoisotopic (exact) mass is 526 g/mol. The number of ether oxygens (including phenoxy) is 2. The largest absolute Gasteiger partial charge is 0.493 e. The number of benzene rings is 1. The zero-order valence-electron chi connectivity index (χ0n) is 21.9. The average molecular weight is 527 g/mol. The first-order valence-corrected chi connectivity index (χ1v) is 13.9. The van der Waals surface area contributed by atoms with Gasteiger partial charge in [0.25, 0.3) is 0 Å². The number of hydrogen-bond acceptors (Lipinski definition) is 7. The highest BCUT2D eigenvalue weighted by Gasteiger charge is 2.52. The first-order valence-electron chi connectivity index (χ1n) is 13.9. The molecule has 1 aromatic carbocycles. The zero-order chi connectivity index (χ0) is 26.8. The minimum absolute atomic E-state index is 0.0343. The van der Waals surface area contributed by atoms with Crippen LogP contribution in [-0.2, 0) is 9.59 Å². The summed E-state index contributed by atoms with van der Waals surface area (Å²) >= 11 is 0. The number of methoxy groups -OCH3 is 1. The number of aldehydes is 1. The normalized spacial score (nSPS) is 26.8. The lowest BCUT2D eigenvalue weighted by atomic mass is 9.76. The standard InChI is InChI=1S/C29H38N2O7/c1-37-23-13-18(16-33)12-20-24-21(28(35)30-10-11-32)14-22(25(34)27(24)38-26(20)23)31(29(36)19-8-5-9-19)15-17-6-3-2-4-7-17/h12-14,16-17,19,22,24-25,27,32,34H,2-11,15H2,1H3,(H,30,35)/t22-,24+,25+,27+/m1/s1.